The molecule has 0 saturated heterocycles. The summed E-state index contributed by atoms with van der Waals surface area (Å²) in [6.45, 7) is 4.01. The highest BCUT2D eigenvalue weighted by molar-refractivity contribution is 5.93. The van der Waals surface area contributed by atoms with Crippen molar-refractivity contribution in [2.75, 3.05) is 0 Å². The summed E-state index contributed by atoms with van der Waals surface area (Å²) in [5, 5.41) is 0. The zero-order valence-electron chi connectivity index (χ0n) is 37.2. The van der Waals surface area contributed by atoms with E-state index in [1.54, 1.807) is 12.4 Å². The van der Waals surface area contributed by atoms with Crippen LogP contribution in [0, 0.1) is 13.8 Å². The van der Waals surface area contributed by atoms with Crippen LogP contribution in [-0.4, -0.2) is 44.9 Å². The topological polar surface area (TPSA) is 116 Å². The smallest absolute Gasteiger partial charge is 0.164 e. The largest absolute Gasteiger partial charge is 0.265 e. The molecule has 0 aliphatic carbocycles. The molecule has 11 rings (SSSR count). The van der Waals surface area contributed by atoms with Crippen LogP contribution in [-0.2, 0) is 0 Å². The van der Waals surface area contributed by atoms with E-state index < -0.39 is 0 Å². The van der Waals surface area contributed by atoms with Crippen LogP contribution >= 0.6 is 0 Å². The van der Waals surface area contributed by atoms with Crippen LogP contribution in [0.1, 0.15) is 11.4 Å². The number of hydrogen-bond acceptors (Lipinski definition) is 9. The lowest BCUT2D eigenvalue weighted by molar-refractivity contribution is 1.06. The van der Waals surface area contributed by atoms with Gasteiger partial charge >= 0.3 is 0 Å². The van der Waals surface area contributed by atoms with Gasteiger partial charge in [0.05, 0.1) is 0 Å². The van der Waals surface area contributed by atoms with Crippen molar-refractivity contribution in [3.63, 3.8) is 0 Å². The van der Waals surface area contributed by atoms with Crippen LogP contribution in [0.25, 0.3) is 113 Å². The Morgan fingerprint density at radius 3 is 1.15 bits per heavy atom. The molecule has 322 valence electrons. The molecule has 0 saturated carbocycles. The molecule has 9 nitrogen and oxygen atoms in total. The summed E-state index contributed by atoms with van der Waals surface area (Å²) in [5.41, 5.74) is 14.0. The van der Waals surface area contributed by atoms with E-state index in [2.05, 4.69) is 83.8 Å². The monoisotopic (exact) mass is 875 g/mol. The minimum absolute atomic E-state index is 0.556. The van der Waals surface area contributed by atoms with Crippen molar-refractivity contribution in [2.24, 2.45) is 0 Å². The number of benzene rings is 7. The summed E-state index contributed by atoms with van der Waals surface area (Å²) in [5.74, 6) is 4.17. The van der Waals surface area contributed by atoms with Gasteiger partial charge in [-0.3, -0.25) is 4.98 Å². The van der Waals surface area contributed by atoms with Crippen LogP contribution in [0.4, 0.5) is 0 Å². The predicted molar refractivity (Wildman–Crippen MR) is 270 cm³/mol. The summed E-state index contributed by atoms with van der Waals surface area (Å²) < 4.78 is 0. The number of hydrogen-bond donors (Lipinski definition) is 0. The average molecular weight is 876 g/mol. The fraction of sp³-hybridized carbons (Fsp3) is 0.0339. The molecule has 0 unspecified atom stereocenters. The lowest BCUT2D eigenvalue weighted by Gasteiger charge is -2.17. The second kappa shape index (κ2) is 18.3. The van der Waals surface area contributed by atoms with Crippen molar-refractivity contribution in [1.82, 2.24) is 44.9 Å². The molecule has 4 heterocycles. The van der Waals surface area contributed by atoms with E-state index in [0.717, 1.165) is 83.7 Å². The Balaban J connectivity index is 1.03. The summed E-state index contributed by atoms with van der Waals surface area (Å²) in [6.07, 6.45) is 3.60. The van der Waals surface area contributed by atoms with E-state index in [4.69, 9.17) is 39.9 Å². The molecule has 0 fully saturated rings. The van der Waals surface area contributed by atoms with E-state index in [1.807, 2.05) is 135 Å². The second-order valence-electron chi connectivity index (χ2n) is 16.4. The van der Waals surface area contributed by atoms with Gasteiger partial charge in [-0.1, -0.05) is 176 Å². The van der Waals surface area contributed by atoms with Gasteiger partial charge in [0.15, 0.2) is 40.8 Å². The zero-order chi connectivity index (χ0) is 45.8. The summed E-state index contributed by atoms with van der Waals surface area (Å²) in [4.78, 5) is 44.6. The van der Waals surface area contributed by atoms with Crippen LogP contribution < -0.4 is 0 Å². The minimum Gasteiger partial charge on any atom is -0.265 e. The molecular formula is C59H41N9. The van der Waals surface area contributed by atoms with E-state index in [9.17, 15) is 0 Å². The van der Waals surface area contributed by atoms with E-state index in [-0.39, 0.29) is 0 Å². The van der Waals surface area contributed by atoms with Crippen molar-refractivity contribution in [3.05, 3.63) is 224 Å². The summed E-state index contributed by atoms with van der Waals surface area (Å²) in [7, 11) is 0. The zero-order valence-corrected chi connectivity index (χ0v) is 37.2. The molecule has 0 bridgehead atoms. The first-order valence-electron chi connectivity index (χ1n) is 22.4. The molecule has 68 heavy (non-hydrogen) atoms. The maximum absolute atomic E-state index is 5.19. The molecule has 7 aromatic carbocycles. The third-order valence-corrected chi connectivity index (χ3v) is 11.7. The van der Waals surface area contributed by atoms with Gasteiger partial charge in [-0.05, 0) is 71.5 Å². The third-order valence-electron chi connectivity index (χ3n) is 11.7. The molecule has 9 heteroatoms. The standard InChI is InChI=1S/C59H41N9/c1-38-36-39(2)62-59(61-38)52-49(40-28-30-45(31-29-40)56-64-53(42-16-6-3-7-17-42)63-54(65-56)43-18-8-4-9-19-43)26-15-27-50(52)46-22-14-23-47(37-46)57-66-55(44-20-10-5-11-21-44)67-58(68-57)51-25-13-12-24-48(51)41-32-34-60-35-33-41/h3-37H,1-2H3. The number of aromatic nitrogens is 9. The van der Waals surface area contributed by atoms with Crippen molar-refractivity contribution in [3.8, 4) is 113 Å². The predicted octanol–water partition coefficient (Wildman–Crippen LogP) is 13.5. The normalized spacial score (nSPS) is 11.1. The second-order valence-corrected chi connectivity index (χ2v) is 16.4. The summed E-state index contributed by atoms with van der Waals surface area (Å²) in [6, 6.07) is 67.4. The van der Waals surface area contributed by atoms with Gasteiger partial charge in [0.25, 0.3) is 0 Å². The van der Waals surface area contributed by atoms with Gasteiger partial charge in [0.1, 0.15) is 0 Å². The van der Waals surface area contributed by atoms with Crippen molar-refractivity contribution >= 4 is 0 Å². The SMILES string of the molecule is Cc1cc(C)nc(-c2c(-c3ccc(-c4nc(-c5ccccc5)nc(-c5ccccc5)n4)cc3)cccc2-c2cccc(-c3nc(-c4ccccc4)nc(-c4ccccc4-c4ccncc4)n3)c2)n1. The van der Waals surface area contributed by atoms with Crippen molar-refractivity contribution in [1.29, 1.82) is 0 Å². The molecule has 0 aliphatic heterocycles. The number of aryl methyl sites for hydroxylation is 2. The van der Waals surface area contributed by atoms with E-state index in [0.29, 0.717) is 40.8 Å². The Kier molecular flexibility index (Phi) is 11.2. The third kappa shape index (κ3) is 8.55. The minimum atomic E-state index is 0.556. The Morgan fingerprint density at radius 1 is 0.235 bits per heavy atom. The number of rotatable bonds is 10. The number of nitrogens with zero attached hydrogens (tertiary/aromatic N) is 9. The first kappa shape index (κ1) is 41.5. The average Bonchev–Trinajstić information content (AvgIpc) is 3.41. The molecule has 0 amide bonds. The molecule has 0 atom stereocenters. The van der Waals surface area contributed by atoms with Crippen LogP contribution in [0.3, 0.4) is 0 Å². The molecule has 0 radical (unpaired) electrons. The Hall–Kier alpha value is -9.21. The van der Waals surface area contributed by atoms with Gasteiger partial charge < -0.3 is 0 Å². The first-order chi connectivity index (χ1) is 33.5. The maximum atomic E-state index is 5.19. The molecule has 0 N–H and O–H groups in total. The van der Waals surface area contributed by atoms with Crippen LogP contribution in [0.15, 0.2) is 213 Å². The highest BCUT2D eigenvalue weighted by Crippen LogP contribution is 2.41. The fourth-order valence-electron chi connectivity index (χ4n) is 8.48. The van der Waals surface area contributed by atoms with Crippen LogP contribution in [0.5, 0.6) is 0 Å². The van der Waals surface area contributed by atoms with Gasteiger partial charge in [-0.2, -0.15) is 0 Å². The van der Waals surface area contributed by atoms with Gasteiger partial charge in [-0.25, -0.2) is 39.9 Å². The Bertz CT molecular complexity index is 3490. The molecule has 0 spiro atoms. The highest BCUT2D eigenvalue weighted by atomic mass is 15.0. The molecule has 11 aromatic rings. The Labute approximate surface area is 394 Å². The van der Waals surface area contributed by atoms with E-state index >= 15 is 0 Å². The summed E-state index contributed by atoms with van der Waals surface area (Å²) >= 11 is 0. The quantitative estimate of drug-likeness (QED) is 0.132. The van der Waals surface area contributed by atoms with E-state index in [1.165, 1.54) is 0 Å². The van der Waals surface area contributed by atoms with Crippen molar-refractivity contribution < 1.29 is 0 Å². The first-order valence-corrected chi connectivity index (χ1v) is 22.4. The van der Waals surface area contributed by atoms with Gasteiger partial charge in [0, 0.05) is 62.7 Å². The molecular weight excluding hydrogens is 835 g/mol. The fourth-order valence-corrected chi connectivity index (χ4v) is 8.48. The lowest BCUT2D eigenvalue weighted by atomic mass is 9.90. The van der Waals surface area contributed by atoms with Crippen LogP contribution in [0.2, 0.25) is 0 Å². The molecule has 4 aromatic heterocycles. The van der Waals surface area contributed by atoms with Gasteiger partial charge in [0.2, 0.25) is 0 Å². The number of pyridine rings is 1. The van der Waals surface area contributed by atoms with Gasteiger partial charge in [-0.15, -0.1) is 0 Å². The lowest BCUT2D eigenvalue weighted by Crippen LogP contribution is -2.01. The highest BCUT2D eigenvalue weighted by Gasteiger charge is 2.21. The maximum Gasteiger partial charge on any atom is 0.164 e. The van der Waals surface area contributed by atoms with Crippen molar-refractivity contribution in [2.45, 2.75) is 13.8 Å². The Morgan fingerprint density at radius 2 is 0.603 bits per heavy atom. The molecule has 0 aliphatic rings.